The molecule has 0 spiro atoms. The molecule has 0 saturated carbocycles. The molecule has 0 aliphatic rings. The lowest BCUT2D eigenvalue weighted by Gasteiger charge is -2.16. The smallest absolute Gasteiger partial charge is 0.180 e. The van der Waals surface area contributed by atoms with Crippen molar-refractivity contribution in [2.24, 2.45) is 0 Å². The van der Waals surface area contributed by atoms with Crippen molar-refractivity contribution in [3.05, 3.63) is 89.6 Å². The molecule has 4 aromatic rings. The number of para-hydroxylation sites is 1. The van der Waals surface area contributed by atoms with Crippen LogP contribution < -0.4 is 10.0 Å². The summed E-state index contributed by atoms with van der Waals surface area (Å²) in [5, 5.41) is 14.4. The Labute approximate surface area is 179 Å². The molecule has 0 bridgehead atoms. The molecule has 30 heavy (non-hydrogen) atoms. The second-order valence-electron chi connectivity index (χ2n) is 6.67. The largest absolute Gasteiger partial charge is 0.588 e. The molecule has 0 aliphatic carbocycles. The van der Waals surface area contributed by atoms with Crippen LogP contribution in [0.4, 0.5) is 11.4 Å². The number of phenolic OH excluding ortho intramolecular Hbond substituents is 1. The summed E-state index contributed by atoms with van der Waals surface area (Å²) in [5.41, 5.74) is 2.59. The van der Waals surface area contributed by atoms with Crippen LogP contribution in [0.2, 0.25) is 5.02 Å². The molecule has 0 saturated heterocycles. The summed E-state index contributed by atoms with van der Waals surface area (Å²) >= 11 is 5.83. The van der Waals surface area contributed by atoms with Gasteiger partial charge in [-0.3, -0.25) is 4.98 Å². The third-order valence-electron chi connectivity index (χ3n) is 4.54. The maximum Gasteiger partial charge on any atom is 0.180 e. The maximum absolute atomic E-state index is 12.7. The summed E-state index contributed by atoms with van der Waals surface area (Å²) < 4.78 is 28.0. The van der Waals surface area contributed by atoms with Gasteiger partial charge in [0.2, 0.25) is 0 Å². The molecule has 1 heterocycles. The number of aromatic hydroxyl groups is 1. The van der Waals surface area contributed by atoms with Gasteiger partial charge < -0.3 is 15.0 Å². The summed E-state index contributed by atoms with van der Waals surface area (Å²) in [5.74, 6) is 0.0994. The molecule has 4 rings (SSSR count). The van der Waals surface area contributed by atoms with Gasteiger partial charge in [-0.1, -0.05) is 40.1 Å². The van der Waals surface area contributed by atoms with E-state index in [0.29, 0.717) is 22.8 Å². The number of hydrogen-bond donors (Lipinski definition) is 3. The van der Waals surface area contributed by atoms with Gasteiger partial charge in [-0.2, -0.15) is 0 Å². The van der Waals surface area contributed by atoms with Gasteiger partial charge in [0, 0.05) is 28.2 Å². The van der Waals surface area contributed by atoms with Gasteiger partial charge in [-0.05, 0) is 48.5 Å². The van der Waals surface area contributed by atoms with Crippen LogP contribution in [0.25, 0.3) is 10.9 Å². The van der Waals surface area contributed by atoms with E-state index in [1.165, 1.54) is 24.4 Å². The normalized spacial score (nSPS) is 13.0. The number of nitrogens with zero attached hydrogens (tertiary/aromatic N) is 1. The van der Waals surface area contributed by atoms with Crippen LogP contribution in [0.5, 0.6) is 5.75 Å². The number of halogens is 1. The van der Waals surface area contributed by atoms with Crippen LogP contribution in [0.1, 0.15) is 5.56 Å². The highest BCUT2D eigenvalue weighted by Crippen LogP contribution is 2.25. The Kier molecular flexibility index (Phi) is 5.59. The maximum atomic E-state index is 12.7. The average Bonchev–Trinajstić information content (AvgIpc) is 2.73. The molecule has 3 N–H and O–H groups in total. The number of nitrogens with one attached hydrogen (secondary N) is 2. The summed E-state index contributed by atoms with van der Waals surface area (Å²) in [6.07, 6.45) is 1.49. The molecular formula is C22H18ClN3O3S. The van der Waals surface area contributed by atoms with Gasteiger partial charge in [0.05, 0.1) is 11.7 Å². The van der Waals surface area contributed by atoms with Crippen molar-refractivity contribution in [3.63, 3.8) is 0 Å². The van der Waals surface area contributed by atoms with Crippen molar-refractivity contribution in [2.45, 2.75) is 11.4 Å². The minimum absolute atomic E-state index is 0.0994. The number of benzene rings is 3. The summed E-state index contributed by atoms with van der Waals surface area (Å²) in [7, 11) is -3.75. The van der Waals surface area contributed by atoms with Gasteiger partial charge >= 0.3 is 0 Å². The number of sulfonamides is 1. The third kappa shape index (κ3) is 4.54. The molecule has 1 aromatic heterocycles. The third-order valence-corrected chi connectivity index (χ3v) is 6.17. The van der Waals surface area contributed by atoms with E-state index in [9.17, 15) is 13.9 Å². The van der Waals surface area contributed by atoms with Crippen LogP contribution in [0, 0.1) is 0 Å². The number of hydrogen-bond acceptors (Lipinski definition) is 5. The quantitative estimate of drug-likeness (QED) is 0.358. The molecule has 1 atom stereocenters. The number of rotatable bonds is 6. The molecule has 0 aliphatic heterocycles. The molecule has 0 fully saturated rings. The SMILES string of the molecule is O=[S+]([O-])(Nc1cnc2ccccc2c1)c1ccc(NCc2ccc(Cl)cc2O)cc1. The molecule has 0 radical (unpaired) electrons. The minimum Gasteiger partial charge on any atom is -0.588 e. The van der Waals surface area contributed by atoms with Crippen LogP contribution in [0.3, 0.4) is 0 Å². The summed E-state index contributed by atoms with van der Waals surface area (Å²) in [6, 6.07) is 20.5. The summed E-state index contributed by atoms with van der Waals surface area (Å²) in [4.78, 5) is 4.41. The van der Waals surface area contributed by atoms with Crippen molar-refractivity contribution in [1.29, 1.82) is 0 Å². The summed E-state index contributed by atoms with van der Waals surface area (Å²) in [6.45, 7) is 0.371. The minimum atomic E-state index is -3.75. The first kappa shape index (κ1) is 20.2. The first-order valence-electron chi connectivity index (χ1n) is 9.10. The molecule has 3 aromatic carbocycles. The monoisotopic (exact) mass is 439 g/mol. The molecule has 0 amide bonds. The van der Waals surface area contributed by atoms with Crippen molar-refractivity contribution in [3.8, 4) is 5.75 Å². The predicted molar refractivity (Wildman–Crippen MR) is 119 cm³/mol. The van der Waals surface area contributed by atoms with Gasteiger partial charge in [0.25, 0.3) is 0 Å². The zero-order valence-corrected chi connectivity index (χ0v) is 17.3. The van der Waals surface area contributed by atoms with Crippen molar-refractivity contribution in [2.75, 3.05) is 10.0 Å². The first-order valence-corrected chi connectivity index (χ1v) is 11.0. The van der Waals surface area contributed by atoms with E-state index >= 15 is 0 Å². The van der Waals surface area contributed by atoms with E-state index < -0.39 is 10.4 Å². The molecule has 8 heteroatoms. The van der Waals surface area contributed by atoms with E-state index in [2.05, 4.69) is 15.0 Å². The topological polar surface area (TPSA) is 97.3 Å². The van der Waals surface area contributed by atoms with Gasteiger partial charge in [-0.25, -0.2) is 4.72 Å². The average molecular weight is 440 g/mol. The van der Waals surface area contributed by atoms with Crippen LogP contribution >= 0.6 is 11.6 Å². The lowest BCUT2D eigenvalue weighted by Crippen LogP contribution is -2.21. The number of phenols is 1. The Hall–Kier alpha value is -3.13. The second-order valence-corrected chi connectivity index (χ2v) is 8.79. The van der Waals surface area contributed by atoms with E-state index in [-0.39, 0.29) is 10.6 Å². The highest BCUT2D eigenvalue weighted by atomic mass is 35.5. The Balaban J connectivity index is 1.45. The van der Waals surface area contributed by atoms with E-state index in [1.807, 2.05) is 24.3 Å². The van der Waals surface area contributed by atoms with E-state index in [1.54, 1.807) is 30.3 Å². The zero-order chi connectivity index (χ0) is 21.1. The number of aromatic nitrogens is 1. The van der Waals surface area contributed by atoms with Gasteiger partial charge in [0.1, 0.15) is 11.4 Å². The standard InChI is InChI=1S/C22H18ClN3O3S/c23-17-6-5-16(22(27)12-17)13-24-18-7-9-20(10-8-18)30(28,29)26-19-11-15-3-1-2-4-21(15)25-14-19/h1-12,14H,13H2,(H3-,24,26,27,28,29). The first-order chi connectivity index (χ1) is 14.4. The highest BCUT2D eigenvalue weighted by Gasteiger charge is 2.20. The fourth-order valence-electron chi connectivity index (χ4n) is 2.98. The molecule has 1 unspecified atom stereocenters. The van der Waals surface area contributed by atoms with Crippen molar-refractivity contribution < 1.29 is 13.9 Å². The van der Waals surface area contributed by atoms with Gasteiger partial charge in [0.15, 0.2) is 15.3 Å². The Bertz CT molecular complexity index is 1250. The fourth-order valence-corrected chi connectivity index (χ4v) is 4.18. The lowest BCUT2D eigenvalue weighted by atomic mass is 10.2. The zero-order valence-electron chi connectivity index (χ0n) is 15.7. The van der Waals surface area contributed by atoms with Gasteiger partial charge in [-0.15, -0.1) is 0 Å². The predicted octanol–water partition coefficient (Wildman–Crippen LogP) is 5.22. The second kappa shape index (κ2) is 8.31. The van der Waals surface area contributed by atoms with E-state index in [0.717, 1.165) is 16.6 Å². The fraction of sp³-hybridized carbons (Fsp3) is 0.0455. The Morgan fingerprint density at radius 1 is 1.00 bits per heavy atom. The van der Waals surface area contributed by atoms with Crippen LogP contribution in [-0.4, -0.2) is 14.6 Å². The number of pyridine rings is 1. The van der Waals surface area contributed by atoms with Crippen molar-refractivity contribution in [1.82, 2.24) is 4.98 Å². The van der Waals surface area contributed by atoms with E-state index in [4.69, 9.17) is 11.6 Å². The van der Waals surface area contributed by atoms with Crippen LogP contribution in [0.15, 0.2) is 83.9 Å². The number of anilines is 2. The molecule has 6 nitrogen and oxygen atoms in total. The number of fused-ring (bicyclic) bond motifs is 1. The Morgan fingerprint density at radius 3 is 2.53 bits per heavy atom. The molecular weight excluding hydrogens is 422 g/mol. The Morgan fingerprint density at radius 2 is 1.77 bits per heavy atom. The van der Waals surface area contributed by atoms with Crippen LogP contribution in [-0.2, 0) is 21.2 Å². The van der Waals surface area contributed by atoms with Crippen molar-refractivity contribution >= 4 is 44.3 Å². The lowest BCUT2D eigenvalue weighted by molar-refractivity contribution is 0.469. The highest BCUT2D eigenvalue weighted by molar-refractivity contribution is 7.98. The molecule has 152 valence electrons.